The second-order valence-corrected chi connectivity index (χ2v) is 9.83. The Balaban J connectivity index is 1.51. The largest absolute Gasteiger partial charge is 0.497 e. The molecule has 2 aliphatic carbocycles. The zero-order valence-electron chi connectivity index (χ0n) is 18.4. The van der Waals surface area contributed by atoms with Gasteiger partial charge in [-0.2, -0.15) is 5.01 Å². The topological polar surface area (TPSA) is 84.0 Å². The van der Waals surface area contributed by atoms with E-state index >= 15 is 0 Å². The summed E-state index contributed by atoms with van der Waals surface area (Å²) in [6, 6.07) is 10.8. The average Bonchev–Trinajstić information content (AvgIpc) is 3.52. The first-order valence-electron chi connectivity index (χ1n) is 11.1. The molecule has 2 aromatic carbocycles. The molecule has 3 amide bonds. The molecule has 3 fully saturated rings. The minimum atomic E-state index is -0.677. The van der Waals surface area contributed by atoms with Crippen molar-refractivity contribution in [2.24, 2.45) is 23.7 Å². The summed E-state index contributed by atoms with van der Waals surface area (Å²) in [7, 11) is 1.48. The van der Waals surface area contributed by atoms with E-state index < -0.39 is 41.9 Å². The highest BCUT2D eigenvalue weighted by molar-refractivity contribution is 6.42. The third-order valence-electron chi connectivity index (χ3n) is 7.23. The third-order valence-corrected chi connectivity index (χ3v) is 7.97. The number of amides is 3. The van der Waals surface area contributed by atoms with Gasteiger partial charge < -0.3 is 4.74 Å². The smallest absolute Gasteiger partial charge is 0.273 e. The van der Waals surface area contributed by atoms with Gasteiger partial charge in [0.05, 0.1) is 29.0 Å². The van der Waals surface area contributed by atoms with Crippen LogP contribution in [0.1, 0.15) is 40.0 Å². The molecule has 2 bridgehead atoms. The van der Waals surface area contributed by atoms with Crippen LogP contribution in [0.2, 0.25) is 10.0 Å². The molecular weight excluding hydrogens is 479 g/mol. The Morgan fingerprint density at radius 3 is 2.26 bits per heavy atom. The Morgan fingerprint density at radius 1 is 0.971 bits per heavy atom. The normalized spacial score (nSPS) is 25.0. The number of methoxy groups -OCH3 is 1. The number of ketones is 1. The highest BCUT2D eigenvalue weighted by Gasteiger charge is 2.62. The summed E-state index contributed by atoms with van der Waals surface area (Å²) in [5, 5.41) is 2.28. The molecule has 1 saturated heterocycles. The van der Waals surface area contributed by atoms with Crippen LogP contribution < -0.4 is 4.74 Å². The molecule has 1 heterocycles. The van der Waals surface area contributed by atoms with Crippen LogP contribution in [0.4, 0.5) is 0 Å². The van der Waals surface area contributed by atoms with Gasteiger partial charge in [-0.25, -0.2) is 5.01 Å². The average molecular weight is 501 g/mol. The summed E-state index contributed by atoms with van der Waals surface area (Å²) in [5.41, 5.74) is 0.416. The van der Waals surface area contributed by atoms with E-state index in [1.54, 1.807) is 24.3 Å². The van der Waals surface area contributed by atoms with Crippen molar-refractivity contribution in [2.45, 2.75) is 19.3 Å². The fraction of sp³-hybridized carbons (Fsp3) is 0.360. The van der Waals surface area contributed by atoms with Crippen LogP contribution in [0.25, 0.3) is 0 Å². The van der Waals surface area contributed by atoms with E-state index in [2.05, 4.69) is 0 Å². The van der Waals surface area contributed by atoms with Crippen molar-refractivity contribution >= 4 is 46.7 Å². The molecule has 0 unspecified atom stereocenters. The number of benzene rings is 2. The number of nitrogens with zero attached hydrogens (tertiary/aromatic N) is 2. The number of fused-ring (bicyclic) bond motifs is 5. The van der Waals surface area contributed by atoms with Gasteiger partial charge in [-0.3, -0.25) is 19.2 Å². The molecular formula is C25H22Cl2N2O5. The monoisotopic (exact) mass is 500 g/mol. The molecule has 2 aromatic rings. The molecule has 7 nitrogen and oxygen atoms in total. The van der Waals surface area contributed by atoms with Crippen molar-refractivity contribution in [1.29, 1.82) is 0 Å². The fourth-order valence-electron chi connectivity index (χ4n) is 5.67. The maximum Gasteiger partial charge on any atom is 0.273 e. The fourth-order valence-corrected chi connectivity index (χ4v) is 5.96. The zero-order valence-corrected chi connectivity index (χ0v) is 19.9. The van der Waals surface area contributed by atoms with Crippen LogP contribution >= 0.6 is 23.2 Å². The van der Waals surface area contributed by atoms with Crippen LogP contribution in [0, 0.1) is 23.7 Å². The second kappa shape index (κ2) is 8.71. The van der Waals surface area contributed by atoms with Gasteiger partial charge in [0, 0.05) is 11.1 Å². The van der Waals surface area contributed by atoms with Gasteiger partial charge in [-0.05, 0) is 61.4 Å². The van der Waals surface area contributed by atoms with Gasteiger partial charge in [-0.1, -0.05) is 35.3 Å². The van der Waals surface area contributed by atoms with Crippen LogP contribution in [0.5, 0.6) is 5.75 Å². The predicted octanol–water partition coefficient (Wildman–Crippen LogP) is 4.27. The summed E-state index contributed by atoms with van der Waals surface area (Å²) in [5.74, 6) is -2.02. The first-order valence-corrected chi connectivity index (χ1v) is 11.9. The van der Waals surface area contributed by atoms with Crippen LogP contribution in [-0.2, 0) is 9.59 Å². The summed E-state index contributed by atoms with van der Waals surface area (Å²) in [4.78, 5) is 53.6. The van der Waals surface area contributed by atoms with E-state index in [0.717, 1.165) is 29.3 Å². The van der Waals surface area contributed by atoms with Gasteiger partial charge in [0.25, 0.3) is 17.7 Å². The SMILES string of the molecule is COc1cccc(C(=O)CN(C(=O)c2ccc(Cl)c(Cl)c2)N2C(=O)[C@@H]3[C@H]4CC[C@@H](C4)[C@@H]3C2=O)c1. The van der Waals surface area contributed by atoms with E-state index in [-0.39, 0.29) is 27.4 Å². The zero-order chi connectivity index (χ0) is 24.1. The summed E-state index contributed by atoms with van der Waals surface area (Å²) in [6.45, 7) is -0.488. The van der Waals surface area contributed by atoms with Gasteiger partial charge in [-0.15, -0.1) is 0 Å². The Kier molecular flexibility index (Phi) is 5.86. The predicted molar refractivity (Wildman–Crippen MR) is 124 cm³/mol. The Morgan fingerprint density at radius 2 is 1.65 bits per heavy atom. The maximum atomic E-state index is 13.6. The standard InChI is InChI=1S/C25H22Cl2N2O5/c1-34-17-4-2-3-13(10-17)20(30)12-28(23(31)16-7-8-18(26)19(27)11-16)29-24(32)21-14-5-6-15(9-14)22(21)25(29)33/h2-4,7-8,10-11,14-15,21-22H,5-6,9,12H2,1H3/t14-,15-,21-,22+/m0/s1. The number of Topliss-reactive ketones (excluding diaryl/α,β-unsaturated/α-hetero) is 1. The molecule has 0 spiro atoms. The number of imide groups is 1. The number of carbonyl (C=O) groups excluding carboxylic acids is 4. The molecule has 4 atom stereocenters. The van der Waals surface area contributed by atoms with Gasteiger partial charge >= 0.3 is 0 Å². The molecule has 34 heavy (non-hydrogen) atoms. The molecule has 5 rings (SSSR count). The van der Waals surface area contributed by atoms with E-state index in [1.165, 1.54) is 25.3 Å². The molecule has 0 aromatic heterocycles. The first kappa shape index (κ1) is 22.9. The Hall–Kier alpha value is -2.90. The molecule has 9 heteroatoms. The highest BCUT2D eigenvalue weighted by Crippen LogP contribution is 2.56. The number of carbonyl (C=O) groups is 4. The Labute approximate surface area is 206 Å². The van der Waals surface area contributed by atoms with Crippen molar-refractivity contribution in [3.05, 3.63) is 63.6 Å². The van der Waals surface area contributed by atoms with Crippen LogP contribution in [0.15, 0.2) is 42.5 Å². The molecule has 176 valence electrons. The molecule has 0 N–H and O–H groups in total. The van der Waals surface area contributed by atoms with Crippen molar-refractivity contribution in [1.82, 2.24) is 10.0 Å². The number of halogens is 2. The molecule has 1 aliphatic heterocycles. The Bertz CT molecular complexity index is 1190. The van der Waals surface area contributed by atoms with E-state index in [4.69, 9.17) is 27.9 Å². The van der Waals surface area contributed by atoms with Crippen molar-refractivity contribution in [3.63, 3.8) is 0 Å². The second-order valence-electron chi connectivity index (χ2n) is 9.02. The lowest BCUT2D eigenvalue weighted by atomic mass is 9.81. The third kappa shape index (κ3) is 3.67. The lowest BCUT2D eigenvalue weighted by Gasteiger charge is -2.31. The lowest BCUT2D eigenvalue weighted by Crippen LogP contribution is -2.52. The molecule has 0 radical (unpaired) electrons. The summed E-state index contributed by atoms with van der Waals surface area (Å²) in [6.07, 6.45) is 2.68. The van der Waals surface area contributed by atoms with Gasteiger partial charge in [0.15, 0.2) is 5.78 Å². The first-order chi connectivity index (χ1) is 16.3. The maximum absolute atomic E-state index is 13.6. The molecule has 2 saturated carbocycles. The van der Waals surface area contributed by atoms with E-state index in [1.807, 2.05) is 0 Å². The minimum absolute atomic E-state index is 0.119. The lowest BCUT2D eigenvalue weighted by molar-refractivity contribution is -0.154. The minimum Gasteiger partial charge on any atom is -0.497 e. The van der Waals surface area contributed by atoms with Crippen molar-refractivity contribution in [2.75, 3.05) is 13.7 Å². The molecule has 3 aliphatic rings. The summed E-state index contributed by atoms with van der Waals surface area (Å²) >= 11 is 12.1. The quantitative estimate of drug-likeness (QED) is 0.436. The van der Waals surface area contributed by atoms with Gasteiger partial charge in [0.1, 0.15) is 12.3 Å². The van der Waals surface area contributed by atoms with E-state index in [9.17, 15) is 19.2 Å². The van der Waals surface area contributed by atoms with Crippen molar-refractivity contribution in [3.8, 4) is 5.75 Å². The number of rotatable bonds is 6. The number of hydrogen-bond donors (Lipinski definition) is 0. The summed E-state index contributed by atoms with van der Waals surface area (Å²) < 4.78 is 5.19. The van der Waals surface area contributed by atoms with E-state index in [0.29, 0.717) is 11.3 Å². The van der Waals surface area contributed by atoms with Crippen molar-refractivity contribution < 1.29 is 23.9 Å². The van der Waals surface area contributed by atoms with Crippen LogP contribution in [-0.4, -0.2) is 47.2 Å². The number of ether oxygens (including phenoxy) is 1. The number of hydrogen-bond acceptors (Lipinski definition) is 5. The van der Waals surface area contributed by atoms with Crippen LogP contribution in [0.3, 0.4) is 0 Å². The highest BCUT2D eigenvalue weighted by atomic mass is 35.5. The van der Waals surface area contributed by atoms with Gasteiger partial charge in [0.2, 0.25) is 0 Å². The number of hydrazine groups is 1.